The predicted octanol–water partition coefficient (Wildman–Crippen LogP) is 3.61. The first-order valence-electron chi connectivity index (χ1n) is 6.18. The van der Waals surface area contributed by atoms with Crippen LogP contribution in [0.3, 0.4) is 0 Å². The van der Waals surface area contributed by atoms with Gasteiger partial charge in [0.1, 0.15) is 0 Å². The summed E-state index contributed by atoms with van der Waals surface area (Å²) in [5.41, 5.74) is 1.41. The largest absolute Gasteiger partial charge is 0.478 e. The predicted molar refractivity (Wildman–Crippen MR) is 77.7 cm³/mol. The van der Waals surface area contributed by atoms with Crippen molar-refractivity contribution in [3.05, 3.63) is 57.3 Å². The van der Waals surface area contributed by atoms with E-state index in [2.05, 4.69) is 31.3 Å². The fourth-order valence-electron chi connectivity index (χ4n) is 1.82. The van der Waals surface area contributed by atoms with E-state index < -0.39 is 5.97 Å². The van der Waals surface area contributed by atoms with Crippen LogP contribution in [0.15, 0.2) is 36.4 Å². The lowest BCUT2D eigenvalue weighted by Gasteiger charge is -2.12. The third-order valence-electron chi connectivity index (χ3n) is 3.00. The summed E-state index contributed by atoms with van der Waals surface area (Å²) >= 11 is 1.80. The topological polar surface area (TPSA) is 49.3 Å². The molecule has 0 aliphatic carbocycles. The molecular weight excluding hydrogens is 258 g/mol. The maximum Gasteiger partial charge on any atom is 0.335 e. The Hall–Kier alpha value is -1.65. The van der Waals surface area contributed by atoms with E-state index in [1.54, 1.807) is 23.5 Å². The van der Waals surface area contributed by atoms with Gasteiger partial charge in [-0.1, -0.05) is 12.1 Å². The zero-order valence-electron chi connectivity index (χ0n) is 11.0. The van der Waals surface area contributed by atoms with Gasteiger partial charge >= 0.3 is 5.97 Å². The van der Waals surface area contributed by atoms with Gasteiger partial charge < -0.3 is 10.4 Å². The molecule has 0 spiro atoms. The highest BCUT2D eigenvalue weighted by atomic mass is 32.1. The van der Waals surface area contributed by atoms with Gasteiger partial charge in [0, 0.05) is 22.3 Å². The van der Waals surface area contributed by atoms with Crippen molar-refractivity contribution >= 4 is 17.3 Å². The Morgan fingerprint density at radius 2 is 1.95 bits per heavy atom. The molecule has 0 saturated heterocycles. The smallest absolute Gasteiger partial charge is 0.335 e. The second kappa shape index (κ2) is 5.99. The number of benzene rings is 1. The molecule has 0 fully saturated rings. The Balaban J connectivity index is 1.93. The molecule has 1 heterocycles. The van der Waals surface area contributed by atoms with Gasteiger partial charge in [-0.05, 0) is 43.7 Å². The van der Waals surface area contributed by atoms with E-state index in [1.165, 1.54) is 9.75 Å². The molecule has 2 N–H and O–H groups in total. The Kier molecular flexibility index (Phi) is 4.35. The standard InChI is InChI=1S/C15H17NO2S/c1-10-3-8-14(19-10)11(2)16-9-12-4-6-13(7-5-12)15(17)18/h3-8,11,16H,9H2,1-2H3,(H,17,18). The number of carbonyl (C=O) groups is 1. The maximum absolute atomic E-state index is 10.8. The Labute approximate surface area is 116 Å². The highest BCUT2D eigenvalue weighted by Crippen LogP contribution is 2.22. The number of carboxylic acids is 1. The van der Waals surface area contributed by atoms with Crippen LogP contribution in [0, 0.1) is 6.92 Å². The van der Waals surface area contributed by atoms with Crippen molar-refractivity contribution in [2.24, 2.45) is 0 Å². The Morgan fingerprint density at radius 1 is 1.26 bits per heavy atom. The van der Waals surface area contributed by atoms with Crippen LogP contribution in [-0.2, 0) is 6.54 Å². The van der Waals surface area contributed by atoms with Crippen LogP contribution >= 0.6 is 11.3 Å². The number of hydrogen-bond donors (Lipinski definition) is 2. The second-order valence-corrected chi connectivity index (χ2v) is 5.87. The van der Waals surface area contributed by atoms with Crippen molar-refractivity contribution in [1.82, 2.24) is 5.32 Å². The minimum atomic E-state index is -0.887. The third-order valence-corrected chi connectivity index (χ3v) is 4.18. The zero-order valence-corrected chi connectivity index (χ0v) is 11.8. The molecule has 2 aromatic rings. The van der Waals surface area contributed by atoms with E-state index in [0.29, 0.717) is 11.6 Å². The molecule has 100 valence electrons. The number of aromatic carboxylic acids is 1. The quantitative estimate of drug-likeness (QED) is 0.876. The molecule has 0 radical (unpaired) electrons. The van der Waals surface area contributed by atoms with Crippen LogP contribution in [0.4, 0.5) is 0 Å². The van der Waals surface area contributed by atoms with E-state index in [0.717, 1.165) is 12.1 Å². The first-order chi connectivity index (χ1) is 9.06. The highest BCUT2D eigenvalue weighted by molar-refractivity contribution is 7.12. The summed E-state index contributed by atoms with van der Waals surface area (Å²) < 4.78 is 0. The number of hydrogen-bond acceptors (Lipinski definition) is 3. The van der Waals surface area contributed by atoms with E-state index in [-0.39, 0.29) is 0 Å². The summed E-state index contributed by atoms with van der Waals surface area (Å²) in [4.78, 5) is 13.4. The van der Waals surface area contributed by atoms with Crippen molar-refractivity contribution in [3.63, 3.8) is 0 Å². The molecule has 0 aliphatic rings. The number of nitrogens with one attached hydrogen (secondary N) is 1. The SMILES string of the molecule is Cc1ccc(C(C)NCc2ccc(C(=O)O)cc2)s1. The van der Waals surface area contributed by atoms with Gasteiger partial charge in [-0.15, -0.1) is 11.3 Å². The van der Waals surface area contributed by atoms with Gasteiger partial charge in [0.2, 0.25) is 0 Å². The van der Waals surface area contributed by atoms with Crippen LogP contribution in [0.1, 0.15) is 38.6 Å². The molecule has 0 aliphatic heterocycles. The molecule has 4 heteroatoms. The van der Waals surface area contributed by atoms with Crippen LogP contribution in [0.2, 0.25) is 0 Å². The third kappa shape index (κ3) is 3.66. The molecule has 1 unspecified atom stereocenters. The Bertz CT molecular complexity index is 560. The average molecular weight is 275 g/mol. The molecular formula is C15H17NO2S. The van der Waals surface area contributed by atoms with Crippen LogP contribution < -0.4 is 5.32 Å². The number of rotatable bonds is 5. The fourth-order valence-corrected chi connectivity index (χ4v) is 2.73. The average Bonchev–Trinajstić information content (AvgIpc) is 2.83. The monoisotopic (exact) mass is 275 g/mol. The van der Waals surface area contributed by atoms with Gasteiger partial charge in [0.25, 0.3) is 0 Å². The van der Waals surface area contributed by atoms with Crippen molar-refractivity contribution < 1.29 is 9.90 Å². The fraction of sp³-hybridized carbons (Fsp3) is 0.267. The molecule has 2 rings (SSSR count). The molecule has 1 aromatic carbocycles. The Morgan fingerprint density at radius 3 is 2.47 bits per heavy atom. The summed E-state index contributed by atoms with van der Waals surface area (Å²) in [5, 5.41) is 12.3. The summed E-state index contributed by atoms with van der Waals surface area (Å²) in [6.45, 7) is 4.97. The van der Waals surface area contributed by atoms with Crippen LogP contribution in [0.25, 0.3) is 0 Å². The van der Waals surface area contributed by atoms with E-state index >= 15 is 0 Å². The van der Waals surface area contributed by atoms with E-state index in [1.807, 2.05) is 12.1 Å². The molecule has 0 saturated carbocycles. The highest BCUT2D eigenvalue weighted by Gasteiger charge is 2.07. The molecule has 1 aromatic heterocycles. The maximum atomic E-state index is 10.8. The molecule has 0 bridgehead atoms. The van der Waals surface area contributed by atoms with Crippen molar-refractivity contribution in [3.8, 4) is 0 Å². The lowest BCUT2D eigenvalue weighted by molar-refractivity contribution is 0.0697. The first kappa shape index (κ1) is 13.8. The lowest BCUT2D eigenvalue weighted by Crippen LogP contribution is -2.17. The van der Waals surface area contributed by atoms with Crippen molar-refractivity contribution in [1.29, 1.82) is 0 Å². The van der Waals surface area contributed by atoms with Crippen LogP contribution in [-0.4, -0.2) is 11.1 Å². The zero-order chi connectivity index (χ0) is 13.8. The minimum Gasteiger partial charge on any atom is -0.478 e. The van der Waals surface area contributed by atoms with Crippen molar-refractivity contribution in [2.75, 3.05) is 0 Å². The summed E-state index contributed by atoms with van der Waals surface area (Å²) in [6, 6.07) is 11.5. The van der Waals surface area contributed by atoms with Gasteiger partial charge in [-0.25, -0.2) is 4.79 Å². The lowest BCUT2D eigenvalue weighted by atomic mass is 10.1. The van der Waals surface area contributed by atoms with E-state index in [9.17, 15) is 4.79 Å². The summed E-state index contributed by atoms with van der Waals surface area (Å²) in [7, 11) is 0. The normalized spacial score (nSPS) is 12.3. The number of thiophene rings is 1. The summed E-state index contributed by atoms with van der Waals surface area (Å²) in [6.07, 6.45) is 0. The molecule has 19 heavy (non-hydrogen) atoms. The van der Waals surface area contributed by atoms with Gasteiger partial charge in [0.05, 0.1) is 5.56 Å². The molecule has 1 atom stereocenters. The van der Waals surface area contributed by atoms with E-state index in [4.69, 9.17) is 5.11 Å². The number of aryl methyl sites for hydroxylation is 1. The van der Waals surface area contributed by atoms with Crippen LogP contribution in [0.5, 0.6) is 0 Å². The van der Waals surface area contributed by atoms with Gasteiger partial charge in [-0.3, -0.25) is 0 Å². The van der Waals surface area contributed by atoms with Gasteiger partial charge in [-0.2, -0.15) is 0 Å². The second-order valence-electron chi connectivity index (χ2n) is 4.55. The van der Waals surface area contributed by atoms with Gasteiger partial charge in [0.15, 0.2) is 0 Å². The van der Waals surface area contributed by atoms with Crippen molar-refractivity contribution in [2.45, 2.75) is 26.4 Å². The number of carboxylic acid groups (broad SMARTS) is 1. The molecule has 3 nitrogen and oxygen atoms in total. The first-order valence-corrected chi connectivity index (χ1v) is 7.00. The minimum absolute atomic E-state index is 0.304. The molecule has 0 amide bonds. The summed E-state index contributed by atoms with van der Waals surface area (Å²) in [5.74, 6) is -0.887.